The van der Waals surface area contributed by atoms with Crippen molar-refractivity contribution in [2.24, 2.45) is 0 Å². The van der Waals surface area contributed by atoms with E-state index in [-0.39, 0.29) is 11.8 Å². The van der Waals surface area contributed by atoms with Crippen LogP contribution in [0, 0.1) is 13.8 Å². The summed E-state index contributed by atoms with van der Waals surface area (Å²) in [6.45, 7) is 5.93. The highest BCUT2D eigenvalue weighted by molar-refractivity contribution is 5.77. The van der Waals surface area contributed by atoms with Crippen molar-refractivity contribution in [1.82, 2.24) is 30.2 Å². The number of aryl methyl sites for hydroxylation is 3. The molecule has 0 radical (unpaired) electrons. The minimum atomic E-state index is 0.107. The minimum Gasteiger partial charge on any atom is -0.353 e. The second kappa shape index (κ2) is 7.77. The number of nitrogens with zero attached hydrogens (tertiary/aromatic N) is 4. The van der Waals surface area contributed by atoms with Gasteiger partial charge in [0.25, 0.3) is 0 Å². The summed E-state index contributed by atoms with van der Waals surface area (Å²) in [5, 5.41) is 14.8. The van der Waals surface area contributed by atoms with Crippen LogP contribution < -0.4 is 5.32 Å². The highest BCUT2D eigenvalue weighted by atomic mass is 16.2. The van der Waals surface area contributed by atoms with Gasteiger partial charge >= 0.3 is 0 Å². The number of amides is 2. The first-order chi connectivity index (χ1) is 13.5. The minimum absolute atomic E-state index is 0.107. The highest BCUT2D eigenvalue weighted by Gasteiger charge is 2.24. The Balaban J connectivity index is 1.29. The second-order valence-electron chi connectivity index (χ2n) is 7.92. The summed E-state index contributed by atoms with van der Waals surface area (Å²) in [6.07, 6.45) is 4.53. The Labute approximate surface area is 164 Å². The van der Waals surface area contributed by atoms with Gasteiger partial charge in [0.1, 0.15) is 0 Å². The van der Waals surface area contributed by atoms with Crippen LogP contribution in [0.2, 0.25) is 0 Å². The van der Waals surface area contributed by atoms with Crippen molar-refractivity contribution in [2.45, 2.75) is 71.5 Å². The number of aromatic amines is 1. The lowest BCUT2D eigenvalue weighted by Gasteiger charge is -2.27. The quantitative estimate of drug-likeness (QED) is 0.754. The third-order valence-electron chi connectivity index (χ3n) is 5.62. The van der Waals surface area contributed by atoms with Crippen LogP contribution in [0.25, 0.3) is 0 Å². The number of H-pyrrole nitrogens is 1. The average molecular weight is 384 g/mol. The predicted octanol–water partition coefficient (Wildman–Crippen LogP) is 1.41. The molecule has 2 amide bonds. The van der Waals surface area contributed by atoms with Crippen LogP contribution in [0.3, 0.4) is 0 Å². The molecule has 2 aromatic heterocycles. The third-order valence-corrected chi connectivity index (χ3v) is 5.62. The first kappa shape index (κ1) is 18.7. The van der Waals surface area contributed by atoms with Crippen molar-refractivity contribution < 1.29 is 9.59 Å². The summed E-state index contributed by atoms with van der Waals surface area (Å²) in [6, 6.07) is 2.44. The molecule has 2 N–H and O–H groups in total. The molecule has 1 aliphatic carbocycles. The molecule has 1 saturated carbocycles. The SMILES string of the molecule is Cc1n[nH]c(C)c1CCC(=O)N1CCn2nc(CCC(=O)NC3CC3)cc2C1. The van der Waals surface area contributed by atoms with E-state index in [1.165, 1.54) is 0 Å². The second-order valence-corrected chi connectivity index (χ2v) is 7.92. The lowest BCUT2D eigenvalue weighted by atomic mass is 10.1. The summed E-state index contributed by atoms with van der Waals surface area (Å²) in [7, 11) is 0. The largest absolute Gasteiger partial charge is 0.353 e. The van der Waals surface area contributed by atoms with E-state index in [9.17, 15) is 9.59 Å². The summed E-state index contributed by atoms with van der Waals surface area (Å²) in [5.74, 6) is 0.271. The lowest BCUT2D eigenvalue weighted by Crippen LogP contribution is -2.38. The number of aromatic nitrogens is 4. The van der Waals surface area contributed by atoms with Crippen molar-refractivity contribution >= 4 is 11.8 Å². The Bertz CT molecular complexity index is 860. The molecule has 1 aliphatic heterocycles. The highest BCUT2D eigenvalue weighted by Crippen LogP contribution is 2.20. The van der Waals surface area contributed by atoms with E-state index in [1.807, 2.05) is 29.5 Å². The molecule has 8 nitrogen and oxygen atoms in total. The maximum Gasteiger partial charge on any atom is 0.223 e. The zero-order valence-electron chi connectivity index (χ0n) is 16.6. The maximum atomic E-state index is 12.7. The van der Waals surface area contributed by atoms with Gasteiger partial charge < -0.3 is 10.2 Å². The van der Waals surface area contributed by atoms with Crippen LogP contribution in [0.1, 0.15) is 54.0 Å². The molecule has 2 aromatic rings. The topological polar surface area (TPSA) is 95.9 Å². The van der Waals surface area contributed by atoms with Gasteiger partial charge in [-0.25, -0.2) is 0 Å². The summed E-state index contributed by atoms with van der Waals surface area (Å²) >= 11 is 0. The average Bonchev–Trinajstić information content (AvgIpc) is 3.30. The first-order valence-electron chi connectivity index (χ1n) is 10.1. The lowest BCUT2D eigenvalue weighted by molar-refractivity contribution is -0.132. The Kier molecular flexibility index (Phi) is 5.19. The molecule has 3 heterocycles. The van der Waals surface area contributed by atoms with Gasteiger partial charge in [-0.3, -0.25) is 19.4 Å². The number of nitrogens with one attached hydrogen (secondary N) is 2. The summed E-state index contributed by atoms with van der Waals surface area (Å²) < 4.78 is 1.97. The number of fused-ring (bicyclic) bond motifs is 1. The van der Waals surface area contributed by atoms with Gasteiger partial charge in [-0.05, 0) is 44.7 Å². The van der Waals surface area contributed by atoms with Gasteiger partial charge in [-0.15, -0.1) is 0 Å². The van der Waals surface area contributed by atoms with Gasteiger partial charge in [0.2, 0.25) is 11.8 Å². The van der Waals surface area contributed by atoms with E-state index in [0.29, 0.717) is 51.4 Å². The molecule has 0 saturated heterocycles. The summed E-state index contributed by atoms with van der Waals surface area (Å²) in [4.78, 5) is 26.4. The molecule has 0 spiro atoms. The fraction of sp³-hybridized carbons (Fsp3) is 0.600. The zero-order valence-corrected chi connectivity index (χ0v) is 16.6. The molecule has 0 aromatic carbocycles. The van der Waals surface area contributed by atoms with Crippen LogP contribution in [-0.4, -0.2) is 49.3 Å². The van der Waals surface area contributed by atoms with Crippen molar-refractivity contribution in [1.29, 1.82) is 0 Å². The molecule has 0 bridgehead atoms. The van der Waals surface area contributed by atoms with E-state index in [0.717, 1.165) is 41.2 Å². The van der Waals surface area contributed by atoms with Crippen LogP contribution in [0.5, 0.6) is 0 Å². The Hall–Kier alpha value is -2.64. The van der Waals surface area contributed by atoms with Crippen molar-refractivity contribution in [2.75, 3.05) is 6.54 Å². The van der Waals surface area contributed by atoms with Crippen LogP contribution in [0.4, 0.5) is 0 Å². The van der Waals surface area contributed by atoms with Gasteiger partial charge in [0.05, 0.1) is 30.2 Å². The monoisotopic (exact) mass is 384 g/mol. The molecule has 4 rings (SSSR count). The number of hydrogen-bond acceptors (Lipinski definition) is 4. The van der Waals surface area contributed by atoms with E-state index in [2.05, 4.69) is 20.6 Å². The molecule has 8 heteroatoms. The van der Waals surface area contributed by atoms with Gasteiger partial charge in [-0.1, -0.05) is 0 Å². The molecule has 150 valence electrons. The van der Waals surface area contributed by atoms with E-state index < -0.39 is 0 Å². The Morgan fingerprint density at radius 3 is 2.75 bits per heavy atom. The smallest absolute Gasteiger partial charge is 0.223 e. The summed E-state index contributed by atoms with van der Waals surface area (Å²) in [5.41, 5.74) is 5.13. The normalized spacial score (nSPS) is 16.1. The molecular formula is C20H28N6O2. The maximum absolute atomic E-state index is 12.7. The number of hydrogen-bond donors (Lipinski definition) is 2. The van der Waals surface area contributed by atoms with Gasteiger partial charge in [-0.2, -0.15) is 10.2 Å². The van der Waals surface area contributed by atoms with Gasteiger partial charge in [0.15, 0.2) is 0 Å². The predicted molar refractivity (Wildman–Crippen MR) is 104 cm³/mol. The van der Waals surface area contributed by atoms with E-state index in [4.69, 9.17) is 0 Å². The molecule has 0 atom stereocenters. The van der Waals surface area contributed by atoms with Crippen molar-refractivity contribution in [3.05, 3.63) is 34.4 Å². The Morgan fingerprint density at radius 1 is 1.21 bits per heavy atom. The molecule has 28 heavy (non-hydrogen) atoms. The fourth-order valence-electron chi connectivity index (χ4n) is 3.76. The zero-order chi connectivity index (χ0) is 19.7. The number of carbonyl (C=O) groups is 2. The first-order valence-corrected chi connectivity index (χ1v) is 10.1. The molecule has 2 aliphatic rings. The Morgan fingerprint density at radius 2 is 2.04 bits per heavy atom. The van der Waals surface area contributed by atoms with Crippen molar-refractivity contribution in [3.8, 4) is 0 Å². The van der Waals surface area contributed by atoms with Crippen LogP contribution in [-0.2, 0) is 35.5 Å². The van der Waals surface area contributed by atoms with E-state index in [1.54, 1.807) is 0 Å². The molecular weight excluding hydrogens is 356 g/mol. The fourth-order valence-corrected chi connectivity index (χ4v) is 3.76. The molecule has 1 fully saturated rings. The molecule has 0 unspecified atom stereocenters. The van der Waals surface area contributed by atoms with Gasteiger partial charge in [0, 0.05) is 37.5 Å². The standard InChI is InChI=1S/C20H28N6O2/c1-13-18(14(2)23-22-13)6-8-20(28)25-9-10-26-17(12-25)11-16(24-26)5-7-19(27)21-15-3-4-15/h11,15H,3-10,12H2,1-2H3,(H,21,27)(H,22,23). The van der Waals surface area contributed by atoms with E-state index >= 15 is 0 Å². The van der Waals surface area contributed by atoms with Crippen LogP contribution in [0.15, 0.2) is 6.07 Å². The van der Waals surface area contributed by atoms with Crippen molar-refractivity contribution in [3.63, 3.8) is 0 Å². The van der Waals surface area contributed by atoms with Crippen LogP contribution >= 0.6 is 0 Å². The number of rotatable bonds is 7. The third kappa shape index (κ3) is 4.26. The number of carbonyl (C=O) groups excluding carboxylic acids is 2.